The highest BCUT2D eigenvalue weighted by molar-refractivity contribution is 6.13. The molecule has 0 amide bonds. The molecule has 0 atom stereocenters. The summed E-state index contributed by atoms with van der Waals surface area (Å²) >= 11 is 0. The third kappa shape index (κ3) is 5.24. The Labute approximate surface area is 307 Å². The van der Waals surface area contributed by atoms with Gasteiger partial charge in [0, 0.05) is 38.2 Å². The average molecular weight is 708 g/mol. The van der Waals surface area contributed by atoms with Gasteiger partial charge in [0.1, 0.15) is 11.2 Å². The molecular weight excluding hydrogens is 680 g/mol. The van der Waals surface area contributed by atoms with Crippen molar-refractivity contribution in [1.29, 1.82) is 0 Å². The fourth-order valence-electron chi connectivity index (χ4n) is 7.58. The predicted octanol–water partition coefficient (Wildman–Crippen LogP) is 13.2. The Balaban J connectivity index is 1.31. The molecule has 0 aliphatic carbocycles. The molecule has 3 aromatic heterocycles. The van der Waals surface area contributed by atoms with Crippen molar-refractivity contribution in [2.45, 2.75) is 6.18 Å². The molecule has 10 rings (SSSR count). The van der Waals surface area contributed by atoms with Crippen molar-refractivity contribution < 1.29 is 17.6 Å². The van der Waals surface area contributed by atoms with Crippen molar-refractivity contribution >= 4 is 43.7 Å². The quantitative estimate of drug-likeness (QED) is 0.179. The lowest BCUT2D eigenvalue weighted by Crippen LogP contribution is -2.05. The zero-order chi connectivity index (χ0) is 36.4. The molecule has 7 aromatic carbocycles. The first-order valence-corrected chi connectivity index (χ1v) is 17.6. The molecule has 0 aliphatic heterocycles. The van der Waals surface area contributed by atoms with Crippen molar-refractivity contribution in [3.63, 3.8) is 0 Å². The lowest BCUT2D eigenvalue weighted by molar-refractivity contribution is -0.137. The van der Waals surface area contributed by atoms with E-state index in [1.54, 1.807) is 6.07 Å². The first-order valence-electron chi connectivity index (χ1n) is 17.6. The summed E-state index contributed by atoms with van der Waals surface area (Å²) < 4.78 is 51.0. The van der Waals surface area contributed by atoms with Crippen LogP contribution in [0.5, 0.6) is 0 Å². The molecule has 4 nitrogen and oxygen atoms in total. The molecule has 0 N–H and O–H groups in total. The molecule has 0 saturated carbocycles. The van der Waals surface area contributed by atoms with E-state index in [9.17, 15) is 13.2 Å². The van der Waals surface area contributed by atoms with Gasteiger partial charge in [0.2, 0.25) is 0 Å². The number of nitrogens with zero attached hydrogens (tertiary/aromatic N) is 3. The summed E-state index contributed by atoms with van der Waals surface area (Å²) in [6.45, 7) is 0. The van der Waals surface area contributed by atoms with Crippen LogP contribution in [-0.2, 0) is 6.18 Å². The van der Waals surface area contributed by atoms with Gasteiger partial charge in [-0.15, -0.1) is 0 Å². The van der Waals surface area contributed by atoms with E-state index in [-0.39, 0.29) is 0 Å². The SMILES string of the molecule is FC(F)(F)c1ccc2c3ccccc3n(-c3ccc(-c4cccc5oc6ccccc6c45)cc3-c3cc(-c4ccccc4)nc(-c4ccccc4)n3)c2c1. The van der Waals surface area contributed by atoms with Crippen molar-refractivity contribution in [2.24, 2.45) is 0 Å². The number of halogens is 3. The topological polar surface area (TPSA) is 43.9 Å². The van der Waals surface area contributed by atoms with Crippen molar-refractivity contribution in [3.05, 3.63) is 175 Å². The number of rotatable bonds is 5. The molecule has 258 valence electrons. The van der Waals surface area contributed by atoms with Crippen molar-refractivity contribution in [2.75, 3.05) is 0 Å². The number of hydrogen-bond donors (Lipinski definition) is 0. The van der Waals surface area contributed by atoms with Crippen LogP contribution in [0, 0.1) is 0 Å². The van der Waals surface area contributed by atoms with Gasteiger partial charge in [0.05, 0.1) is 33.7 Å². The normalized spacial score (nSPS) is 12.0. The third-order valence-corrected chi connectivity index (χ3v) is 10.1. The van der Waals surface area contributed by atoms with Crippen LogP contribution in [0.2, 0.25) is 0 Å². The second-order valence-corrected chi connectivity index (χ2v) is 13.3. The monoisotopic (exact) mass is 707 g/mol. The van der Waals surface area contributed by atoms with E-state index in [4.69, 9.17) is 14.4 Å². The number of benzene rings is 7. The Hall–Kier alpha value is -6.99. The van der Waals surface area contributed by atoms with Gasteiger partial charge in [0.25, 0.3) is 0 Å². The summed E-state index contributed by atoms with van der Waals surface area (Å²) in [4.78, 5) is 10.2. The van der Waals surface area contributed by atoms with Gasteiger partial charge in [0.15, 0.2) is 5.82 Å². The molecule has 3 heterocycles. The maximum Gasteiger partial charge on any atom is 0.416 e. The van der Waals surface area contributed by atoms with Gasteiger partial charge in [-0.1, -0.05) is 121 Å². The first-order chi connectivity index (χ1) is 26.4. The number of furan rings is 1. The van der Waals surface area contributed by atoms with Crippen LogP contribution in [0.4, 0.5) is 13.2 Å². The average Bonchev–Trinajstić information content (AvgIpc) is 3.76. The molecule has 0 aliphatic rings. The second-order valence-electron chi connectivity index (χ2n) is 13.3. The maximum absolute atomic E-state index is 14.3. The first kappa shape index (κ1) is 31.7. The highest BCUT2D eigenvalue weighted by Crippen LogP contribution is 2.43. The largest absolute Gasteiger partial charge is 0.456 e. The minimum absolute atomic E-state index is 0.448. The van der Waals surface area contributed by atoms with Crippen LogP contribution in [-0.4, -0.2) is 14.5 Å². The number of para-hydroxylation sites is 2. The maximum atomic E-state index is 14.3. The molecule has 0 spiro atoms. The van der Waals surface area contributed by atoms with E-state index in [1.165, 1.54) is 6.07 Å². The molecule has 7 heteroatoms. The Morgan fingerprint density at radius 2 is 1.13 bits per heavy atom. The summed E-state index contributed by atoms with van der Waals surface area (Å²) in [6.07, 6.45) is -4.52. The van der Waals surface area contributed by atoms with Gasteiger partial charge >= 0.3 is 6.18 Å². The molecule has 54 heavy (non-hydrogen) atoms. The number of fused-ring (bicyclic) bond motifs is 6. The smallest absolute Gasteiger partial charge is 0.416 e. The summed E-state index contributed by atoms with van der Waals surface area (Å²) in [7, 11) is 0. The minimum Gasteiger partial charge on any atom is -0.456 e. The van der Waals surface area contributed by atoms with Crippen LogP contribution in [0.3, 0.4) is 0 Å². The van der Waals surface area contributed by atoms with E-state index in [2.05, 4.69) is 18.2 Å². The Morgan fingerprint density at radius 3 is 1.93 bits per heavy atom. The molecule has 10 aromatic rings. The van der Waals surface area contributed by atoms with Gasteiger partial charge < -0.3 is 8.98 Å². The molecule has 0 bridgehead atoms. The van der Waals surface area contributed by atoms with Gasteiger partial charge in [-0.05, 0) is 59.7 Å². The number of alkyl halides is 3. The van der Waals surface area contributed by atoms with Crippen LogP contribution in [0.1, 0.15) is 5.56 Å². The summed E-state index contributed by atoms with van der Waals surface area (Å²) in [5.41, 5.74) is 8.47. The van der Waals surface area contributed by atoms with Crippen LogP contribution < -0.4 is 0 Å². The van der Waals surface area contributed by atoms with E-state index in [0.29, 0.717) is 22.7 Å². The highest BCUT2D eigenvalue weighted by atomic mass is 19.4. The van der Waals surface area contributed by atoms with Crippen molar-refractivity contribution in [1.82, 2.24) is 14.5 Å². The van der Waals surface area contributed by atoms with Gasteiger partial charge in [-0.2, -0.15) is 13.2 Å². The summed E-state index contributed by atoms with van der Waals surface area (Å²) in [5.74, 6) is 0.535. The zero-order valence-electron chi connectivity index (χ0n) is 28.5. The Morgan fingerprint density at radius 1 is 0.463 bits per heavy atom. The summed E-state index contributed by atoms with van der Waals surface area (Å²) in [5, 5.41) is 3.55. The number of aromatic nitrogens is 3. The van der Waals surface area contributed by atoms with E-state index in [0.717, 1.165) is 77.8 Å². The Bertz CT molecular complexity index is 2980. The molecule has 0 radical (unpaired) electrons. The van der Waals surface area contributed by atoms with Crippen molar-refractivity contribution in [3.8, 4) is 50.7 Å². The number of hydrogen-bond acceptors (Lipinski definition) is 3. The second kappa shape index (κ2) is 12.3. The molecule has 0 fully saturated rings. The minimum atomic E-state index is -4.52. The van der Waals surface area contributed by atoms with E-state index < -0.39 is 11.7 Å². The van der Waals surface area contributed by atoms with E-state index >= 15 is 0 Å². The lowest BCUT2D eigenvalue weighted by atomic mass is 9.95. The third-order valence-electron chi connectivity index (χ3n) is 10.1. The van der Waals surface area contributed by atoms with Crippen LogP contribution in [0.25, 0.3) is 94.5 Å². The molecular formula is C47H28F3N3O. The zero-order valence-corrected chi connectivity index (χ0v) is 28.5. The van der Waals surface area contributed by atoms with Gasteiger partial charge in [-0.25, -0.2) is 9.97 Å². The highest BCUT2D eigenvalue weighted by Gasteiger charge is 2.31. The van der Waals surface area contributed by atoms with Crippen LogP contribution >= 0.6 is 0 Å². The Kier molecular flexibility index (Phi) is 7.23. The van der Waals surface area contributed by atoms with Gasteiger partial charge in [-0.3, -0.25) is 0 Å². The van der Waals surface area contributed by atoms with Crippen LogP contribution in [0.15, 0.2) is 174 Å². The standard InChI is InChI=1S/C47H28F3N3O/c48-47(49,50)32-23-24-35-34-16-7-9-19-40(34)53(42(35)27-32)41-25-22-31(33-18-11-21-44-45(33)36-17-8-10-20-43(36)54-44)26-37(41)39-28-38(29-12-3-1-4-13-29)51-46(52-39)30-14-5-2-6-15-30/h1-28H. The van der Waals surface area contributed by atoms with E-state index in [1.807, 2.05) is 138 Å². The fraction of sp³-hybridized carbons (Fsp3) is 0.0213. The fourth-order valence-corrected chi connectivity index (χ4v) is 7.58. The molecule has 0 saturated heterocycles. The summed E-state index contributed by atoms with van der Waals surface area (Å²) in [6, 6.07) is 53.5. The molecule has 0 unspecified atom stereocenters. The lowest BCUT2D eigenvalue weighted by Gasteiger charge is -2.17. The predicted molar refractivity (Wildman–Crippen MR) is 210 cm³/mol.